The highest BCUT2D eigenvalue weighted by Gasteiger charge is 2.27. The standard InChI is InChI=1S/C18H28O4/c1-12(2)10-17(19)13(3)18(20)14(4)22-11-15-6-8-16(21-5)9-7-15/h6-9,12-14,17,19H,10-11H2,1-5H3/t13-,14-,17+/m0/s1. The molecule has 1 N–H and O–H groups in total. The lowest BCUT2D eigenvalue weighted by Crippen LogP contribution is -2.34. The Balaban J connectivity index is 2.49. The summed E-state index contributed by atoms with van der Waals surface area (Å²) in [5.41, 5.74) is 0.982. The molecule has 0 aliphatic carbocycles. The van der Waals surface area contributed by atoms with Crippen molar-refractivity contribution in [2.45, 2.75) is 52.9 Å². The Bertz CT molecular complexity index is 453. The fraction of sp³-hybridized carbons (Fsp3) is 0.611. The molecular weight excluding hydrogens is 280 g/mol. The van der Waals surface area contributed by atoms with Gasteiger partial charge in [0.2, 0.25) is 0 Å². The van der Waals surface area contributed by atoms with E-state index in [1.54, 1.807) is 21.0 Å². The molecule has 0 fully saturated rings. The predicted octanol–water partition coefficient (Wildman–Crippen LogP) is 3.21. The van der Waals surface area contributed by atoms with Crippen LogP contribution in [0.15, 0.2) is 24.3 Å². The van der Waals surface area contributed by atoms with Gasteiger partial charge in [0.1, 0.15) is 11.9 Å². The van der Waals surface area contributed by atoms with E-state index in [0.29, 0.717) is 18.9 Å². The number of aliphatic hydroxyl groups is 1. The normalized spacial score (nSPS) is 15.4. The number of carbonyl (C=O) groups is 1. The third kappa shape index (κ3) is 5.78. The quantitative estimate of drug-likeness (QED) is 0.761. The number of rotatable bonds is 9. The van der Waals surface area contributed by atoms with Crippen LogP contribution in [0, 0.1) is 11.8 Å². The Morgan fingerprint density at radius 3 is 2.23 bits per heavy atom. The number of ether oxygens (including phenoxy) is 2. The molecule has 0 aromatic heterocycles. The van der Waals surface area contributed by atoms with Gasteiger partial charge >= 0.3 is 0 Å². The Labute approximate surface area is 133 Å². The van der Waals surface area contributed by atoms with Crippen LogP contribution in [0.1, 0.15) is 39.7 Å². The van der Waals surface area contributed by atoms with Crippen molar-refractivity contribution in [3.63, 3.8) is 0 Å². The number of hydrogen-bond donors (Lipinski definition) is 1. The number of aliphatic hydroxyl groups excluding tert-OH is 1. The Morgan fingerprint density at radius 1 is 1.14 bits per heavy atom. The molecule has 0 unspecified atom stereocenters. The van der Waals surface area contributed by atoms with Gasteiger partial charge in [-0.05, 0) is 37.0 Å². The van der Waals surface area contributed by atoms with Crippen LogP contribution in [0.4, 0.5) is 0 Å². The Kier molecular flexibility index (Phi) is 7.56. The molecule has 0 aliphatic heterocycles. The number of hydrogen-bond acceptors (Lipinski definition) is 4. The third-order valence-electron chi connectivity index (χ3n) is 3.80. The molecule has 4 heteroatoms. The summed E-state index contributed by atoms with van der Waals surface area (Å²) >= 11 is 0. The Morgan fingerprint density at radius 2 is 1.73 bits per heavy atom. The monoisotopic (exact) mass is 308 g/mol. The molecule has 0 saturated carbocycles. The second-order valence-electron chi connectivity index (χ2n) is 6.19. The van der Waals surface area contributed by atoms with Crippen molar-refractivity contribution in [2.24, 2.45) is 11.8 Å². The SMILES string of the molecule is COc1ccc(CO[C@@H](C)C(=O)[C@@H](C)[C@H](O)CC(C)C)cc1. The molecule has 0 bridgehead atoms. The summed E-state index contributed by atoms with van der Waals surface area (Å²) in [4.78, 5) is 12.3. The van der Waals surface area contributed by atoms with E-state index in [0.717, 1.165) is 11.3 Å². The van der Waals surface area contributed by atoms with Crippen molar-refractivity contribution in [1.29, 1.82) is 0 Å². The van der Waals surface area contributed by atoms with E-state index in [2.05, 4.69) is 0 Å². The van der Waals surface area contributed by atoms with Crippen molar-refractivity contribution in [2.75, 3.05) is 7.11 Å². The maximum absolute atomic E-state index is 12.3. The summed E-state index contributed by atoms with van der Waals surface area (Å²) in [6.45, 7) is 7.94. The van der Waals surface area contributed by atoms with Crippen LogP contribution in [0.5, 0.6) is 5.75 Å². The minimum atomic E-state index is -0.612. The highest BCUT2D eigenvalue weighted by molar-refractivity contribution is 5.85. The maximum Gasteiger partial charge on any atom is 0.166 e. The van der Waals surface area contributed by atoms with Crippen LogP contribution < -0.4 is 4.74 Å². The van der Waals surface area contributed by atoms with Gasteiger partial charge in [0.25, 0.3) is 0 Å². The van der Waals surface area contributed by atoms with Gasteiger partial charge in [-0.3, -0.25) is 4.79 Å². The van der Waals surface area contributed by atoms with Crippen molar-refractivity contribution < 1.29 is 19.4 Å². The van der Waals surface area contributed by atoms with Crippen LogP contribution in [-0.4, -0.2) is 30.2 Å². The minimum absolute atomic E-state index is 0.0540. The van der Waals surface area contributed by atoms with Gasteiger partial charge in [0.05, 0.1) is 19.8 Å². The lowest BCUT2D eigenvalue weighted by atomic mass is 9.91. The first-order valence-corrected chi connectivity index (χ1v) is 7.81. The van der Waals surface area contributed by atoms with Gasteiger partial charge in [-0.25, -0.2) is 0 Å². The van der Waals surface area contributed by atoms with E-state index in [-0.39, 0.29) is 5.78 Å². The lowest BCUT2D eigenvalue weighted by molar-refractivity contribution is -0.137. The summed E-state index contributed by atoms with van der Waals surface area (Å²) in [5, 5.41) is 10.1. The van der Waals surface area contributed by atoms with Crippen LogP contribution in [0.2, 0.25) is 0 Å². The van der Waals surface area contributed by atoms with Gasteiger partial charge in [-0.15, -0.1) is 0 Å². The molecule has 0 saturated heterocycles. The molecule has 0 amide bonds. The summed E-state index contributed by atoms with van der Waals surface area (Å²) in [7, 11) is 1.62. The number of Topliss-reactive ketones (excluding diaryl/α,β-unsaturated/α-hetero) is 1. The molecule has 124 valence electrons. The van der Waals surface area contributed by atoms with Crippen molar-refractivity contribution in [1.82, 2.24) is 0 Å². The smallest absolute Gasteiger partial charge is 0.166 e. The lowest BCUT2D eigenvalue weighted by Gasteiger charge is -2.22. The summed E-state index contributed by atoms with van der Waals surface area (Å²) in [5.74, 6) is 0.689. The van der Waals surface area contributed by atoms with Gasteiger partial charge in [-0.1, -0.05) is 32.9 Å². The van der Waals surface area contributed by atoms with E-state index < -0.39 is 18.1 Å². The number of methoxy groups -OCH3 is 1. The molecule has 0 spiro atoms. The molecule has 1 rings (SSSR count). The zero-order valence-electron chi connectivity index (χ0n) is 14.2. The zero-order chi connectivity index (χ0) is 16.7. The molecule has 4 nitrogen and oxygen atoms in total. The van der Waals surface area contributed by atoms with E-state index in [1.807, 2.05) is 38.1 Å². The molecule has 0 aliphatic rings. The van der Waals surface area contributed by atoms with E-state index >= 15 is 0 Å². The highest BCUT2D eigenvalue weighted by atomic mass is 16.5. The first-order valence-electron chi connectivity index (χ1n) is 7.81. The van der Waals surface area contributed by atoms with Gasteiger partial charge in [0, 0.05) is 5.92 Å². The van der Waals surface area contributed by atoms with Crippen molar-refractivity contribution in [3.8, 4) is 5.75 Å². The fourth-order valence-corrected chi connectivity index (χ4v) is 2.27. The van der Waals surface area contributed by atoms with Gasteiger partial charge in [-0.2, -0.15) is 0 Å². The van der Waals surface area contributed by atoms with Crippen LogP contribution in [0.25, 0.3) is 0 Å². The second-order valence-corrected chi connectivity index (χ2v) is 6.19. The molecule has 0 radical (unpaired) electrons. The van der Waals surface area contributed by atoms with Crippen LogP contribution >= 0.6 is 0 Å². The second kappa shape index (κ2) is 8.91. The number of benzene rings is 1. The highest BCUT2D eigenvalue weighted by Crippen LogP contribution is 2.17. The van der Waals surface area contributed by atoms with Gasteiger partial charge in [0.15, 0.2) is 5.78 Å². The first-order chi connectivity index (χ1) is 10.3. The molecule has 0 heterocycles. The van der Waals surface area contributed by atoms with E-state index in [4.69, 9.17) is 9.47 Å². The van der Waals surface area contributed by atoms with E-state index in [9.17, 15) is 9.90 Å². The average Bonchev–Trinajstić information content (AvgIpc) is 2.50. The molecule has 3 atom stereocenters. The predicted molar refractivity (Wildman–Crippen MR) is 86.9 cm³/mol. The molecule has 1 aromatic carbocycles. The number of ketones is 1. The fourth-order valence-electron chi connectivity index (χ4n) is 2.27. The topological polar surface area (TPSA) is 55.8 Å². The minimum Gasteiger partial charge on any atom is -0.497 e. The van der Waals surface area contributed by atoms with Gasteiger partial charge < -0.3 is 14.6 Å². The summed E-state index contributed by atoms with van der Waals surface area (Å²) in [6, 6.07) is 7.54. The molecule has 1 aromatic rings. The summed E-state index contributed by atoms with van der Waals surface area (Å²) < 4.78 is 10.7. The zero-order valence-corrected chi connectivity index (χ0v) is 14.2. The van der Waals surface area contributed by atoms with Crippen molar-refractivity contribution >= 4 is 5.78 Å². The average molecular weight is 308 g/mol. The first kappa shape index (κ1) is 18.7. The maximum atomic E-state index is 12.3. The number of carbonyl (C=O) groups excluding carboxylic acids is 1. The van der Waals surface area contributed by atoms with Crippen molar-refractivity contribution in [3.05, 3.63) is 29.8 Å². The molecular formula is C18H28O4. The summed E-state index contributed by atoms with van der Waals surface area (Å²) in [6.07, 6.45) is -0.517. The van der Waals surface area contributed by atoms with E-state index in [1.165, 1.54) is 0 Å². The third-order valence-corrected chi connectivity index (χ3v) is 3.80. The Hall–Kier alpha value is -1.39. The van der Waals surface area contributed by atoms with Crippen LogP contribution in [0.3, 0.4) is 0 Å². The molecule has 22 heavy (non-hydrogen) atoms. The largest absolute Gasteiger partial charge is 0.497 e. The van der Waals surface area contributed by atoms with Crippen LogP contribution in [-0.2, 0) is 16.1 Å².